The van der Waals surface area contributed by atoms with E-state index < -0.39 is 5.97 Å². The number of carboxylic acids is 1. The number of carbonyl (C=O) groups is 3. The van der Waals surface area contributed by atoms with Crippen LogP contribution in [0.3, 0.4) is 0 Å². The van der Waals surface area contributed by atoms with Crippen molar-refractivity contribution in [3.05, 3.63) is 202 Å². The molecule has 6 aromatic carbocycles. The Kier molecular flexibility index (Phi) is 16.3. The monoisotopic (exact) mass is 945 g/mol. The number of halogens is 1. The van der Waals surface area contributed by atoms with Gasteiger partial charge in [0, 0.05) is 21.2 Å². The average molecular weight is 947 g/mol. The third kappa shape index (κ3) is 13.1. The van der Waals surface area contributed by atoms with Crippen LogP contribution in [0.2, 0.25) is 0 Å². The van der Waals surface area contributed by atoms with Crippen LogP contribution in [0.25, 0.3) is 45.5 Å². The number of methoxy groups -OCH3 is 2. The van der Waals surface area contributed by atoms with Crippen LogP contribution < -0.4 is 0 Å². The molecule has 0 fully saturated rings. The van der Waals surface area contributed by atoms with Gasteiger partial charge in [0.15, 0.2) is 17.5 Å². The van der Waals surface area contributed by atoms with Gasteiger partial charge >= 0.3 is 17.9 Å². The van der Waals surface area contributed by atoms with Crippen molar-refractivity contribution in [3.63, 3.8) is 0 Å². The number of aromatic nitrogens is 9. The standard InChI is InChI=1S/C17H15N3O2.C16H13N3O2.C10H9N3O2.C7H7Br/c1-12-3-9-15(10-4-12)20-11-18-16(19-20)13-5-7-14(8-6-13)17(21)22-2;1-11-2-8-14(9-3-11)19-10-17-15(18-19)12-4-6-13(7-5-12)16(20)21;1-15-10(14)8-4-2-7(3-5-8)9-11-6-12-13-9;1-6-2-4-7(8)5-3-6/h3-11H,1-2H3;2-10H,1H3,(H,20,21);2-6H,1H3,(H,11,12,13);2-5H,1H3. The molecule has 0 atom stereocenters. The maximum absolute atomic E-state index is 11.4. The van der Waals surface area contributed by atoms with Crippen LogP contribution in [-0.4, -0.2) is 81.9 Å². The first-order valence-corrected chi connectivity index (χ1v) is 21.0. The maximum atomic E-state index is 11.4. The van der Waals surface area contributed by atoms with E-state index in [0.29, 0.717) is 28.6 Å². The summed E-state index contributed by atoms with van der Waals surface area (Å²) in [5.74, 6) is 0.194. The lowest BCUT2D eigenvalue weighted by molar-refractivity contribution is 0.0592. The number of benzene rings is 6. The molecule has 332 valence electrons. The smallest absolute Gasteiger partial charge is 0.337 e. The van der Waals surface area contributed by atoms with Gasteiger partial charge in [-0.2, -0.15) is 5.10 Å². The van der Waals surface area contributed by atoms with E-state index in [1.807, 2.05) is 74.5 Å². The summed E-state index contributed by atoms with van der Waals surface area (Å²) in [7, 11) is 2.72. The predicted octanol–water partition coefficient (Wildman–Crippen LogP) is 9.99. The first-order valence-electron chi connectivity index (χ1n) is 20.2. The van der Waals surface area contributed by atoms with Gasteiger partial charge in [0.1, 0.15) is 19.0 Å². The minimum atomic E-state index is -0.945. The zero-order valence-corrected chi connectivity index (χ0v) is 38.1. The molecule has 0 aliphatic heterocycles. The van der Waals surface area contributed by atoms with Gasteiger partial charge in [-0.1, -0.05) is 105 Å². The van der Waals surface area contributed by atoms with Crippen molar-refractivity contribution >= 4 is 33.8 Å². The van der Waals surface area contributed by atoms with Gasteiger partial charge < -0.3 is 14.6 Å². The average Bonchev–Trinajstić information content (AvgIpc) is 4.18. The van der Waals surface area contributed by atoms with Gasteiger partial charge in [0.25, 0.3) is 0 Å². The zero-order chi connectivity index (χ0) is 47.0. The molecule has 2 N–H and O–H groups in total. The van der Waals surface area contributed by atoms with Crippen molar-refractivity contribution in [1.82, 2.24) is 44.7 Å². The molecule has 9 aromatic rings. The molecule has 0 amide bonds. The van der Waals surface area contributed by atoms with Crippen molar-refractivity contribution < 1.29 is 29.0 Å². The van der Waals surface area contributed by atoms with Crippen molar-refractivity contribution in [3.8, 4) is 45.5 Å². The molecule has 0 spiro atoms. The molecular weight excluding hydrogens is 903 g/mol. The Morgan fingerprint density at radius 2 is 0.894 bits per heavy atom. The molecule has 0 aliphatic carbocycles. The van der Waals surface area contributed by atoms with Crippen LogP contribution in [0.5, 0.6) is 0 Å². The summed E-state index contributed by atoms with van der Waals surface area (Å²) < 4.78 is 13.8. The molecule has 0 unspecified atom stereocenters. The van der Waals surface area contributed by atoms with E-state index in [0.717, 1.165) is 32.5 Å². The zero-order valence-electron chi connectivity index (χ0n) is 36.5. The van der Waals surface area contributed by atoms with E-state index in [1.165, 1.54) is 37.2 Å². The molecule has 0 aliphatic rings. The molecule has 9 rings (SSSR count). The minimum Gasteiger partial charge on any atom is -0.478 e. The molecule has 3 heterocycles. The summed E-state index contributed by atoms with van der Waals surface area (Å²) in [6, 6.07) is 44.7. The predicted molar refractivity (Wildman–Crippen MR) is 253 cm³/mol. The number of nitrogens with one attached hydrogen (secondary N) is 1. The molecule has 0 saturated heterocycles. The number of esters is 2. The van der Waals surface area contributed by atoms with E-state index in [4.69, 9.17) is 5.11 Å². The van der Waals surface area contributed by atoms with E-state index in [1.54, 1.807) is 94.8 Å². The number of hydrogen-bond acceptors (Lipinski definition) is 11. The fourth-order valence-electron chi connectivity index (χ4n) is 5.83. The quantitative estimate of drug-likeness (QED) is 0.137. The van der Waals surface area contributed by atoms with Crippen LogP contribution >= 0.6 is 15.9 Å². The van der Waals surface area contributed by atoms with Crippen molar-refractivity contribution in [1.29, 1.82) is 0 Å². The minimum absolute atomic E-state index is 0.247. The number of carbonyl (C=O) groups excluding carboxylic acids is 2. The Bertz CT molecular complexity index is 2930. The molecule has 15 nitrogen and oxygen atoms in total. The number of carboxylic acid groups (broad SMARTS) is 1. The Labute approximate surface area is 388 Å². The van der Waals surface area contributed by atoms with E-state index in [9.17, 15) is 14.4 Å². The highest BCUT2D eigenvalue weighted by molar-refractivity contribution is 9.10. The molecule has 3 aromatic heterocycles. The lowest BCUT2D eigenvalue weighted by Crippen LogP contribution is -2.00. The van der Waals surface area contributed by atoms with Crippen molar-refractivity contribution in [2.45, 2.75) is 20.8 Å². The first kappa shape index (κ1) is 47.1. The largest absolute Gasteiger partial charge is 0.478 e. The topological polar surface area (TPSA) is 193 Å². The number of aromatic amines is 1. The number of rotatable bonds is 8. The number of hydrogen-bond donors (Lipinski definition) is 2. The Morgan fingerprint density at radius 3 is 1.24 bits per heavy atom. The van der Waals surface area contributed by atoms with Gasteiger partial charge in [-0.15, -0.1) is 10.2 Å². The number of ether oxygens (including phenoxy) is 2. The van der Waals surface area contributed by atoms with Crippen LogP contribution in [0.15, 0.2) is 169 Å². The fraction of sp³-hybridized carbons (Fsp3) is 0.100. The summed E-state index contributed by atoms with van der Waals surface area (Å²) >= 11 is 3.35. The summed E-state index contributed by atoms with van der Waals surface area (Å²) in [6.45, 7) is 6.15. The lowest BCUT2D eigenvalue weighted by atomic mass is 10.1. The Morgan fingerprint density at radius 1 is 0.515 bits per heavy atom. The second-order valence-electron chi connectivity index (χ2n) is 14.3. The van der Waals surface area contributed by atoms with Crippen molar-refractivity contribution in [2.75, 3.05) is 14.2 Å². The molecule has 16 heteroatoms. The molecule has 0 radical (unpaired) electrons. The molecular formula is C50H44BrN9O6. The van der Waals surface area contributed by atoms with Crippen molar-refractivity contribution in [2.24, 2.45) is 0 Å². The van der Waals surface area contributed by atoms with Gasteiger partial charge in [0.05, 0.1) is 42.3 Å². The second kappa shape index (κ2) is 22.8. The van der Waals surface area contributed by atoms with Crippen LogP contribution in [-0.2, 0) is 9.47 Å². The number of aryl methyl sites for hydroxylation is 3. The summed E-state index contributed by atoms with van der Waals surface area (Å²) in [4.78, 5) is 46.0. The van der Waals surface area contributed by atoms with Crippen LogP contribution in [0, 0.1) is 20.8 Å². The normalized spacial score (nSPS) is 10.2. The SMILES string of the molecule is COC(=O)c1ccc(-c2ncn(-c3ccc(C)cc3)n2)cc1.COC(=O)c1ccc(-c2ncn[nH]2)cc1.Cc1ccc(-n2cnc(-c3ccc(C(=O)O)cc3)n2)cc1.Cc1ccc(Br)cc1. The first-order chi connectivity index (χ1) is 31.9. The van der Waals surface area contributed by atoms with Gasteiger partial charge in [0.2, 0.25) is 0 Å². The summed E-state index contributed by atoms with van der Waals surface area (Å²) in [5.41, 5.74) is 9.34. The second-order valence-corrected chi connectivity index (χ2v) is 15.3. The van der Waals surface area contributed by atoms with Gasteiger partial charge in [-0.05, 0) is 93.6 Å². The lowest BCUT2D eigenvalue weighted by Gasteiger charge is -2.01. The van der Waals surface area contributed by atoms with Crippen LogP contribution in [0.1, 0.15) is 47.8 Å². The third-order valence-corrected chi connectivity index (χ3v) is 10.1. The number of nitrogens with zero attached hydrogens (tertiary/aromatic N) is 8. The van der Waals surface area contributed by atoms with Gasteiger partial charge in [-0.25, -0.2) is 38.7 Å². The highest BCUT2D eigenvalue weighted by Crippen LogP contribution is 2.20. The number of H-pyrrole nitrogens is 1. The third-order valence-electron chi connectivity index (χ3n) is 9.54. The van der Waals surface area contributed by atoms with Crippen LogP contribution in [0.4, 0.5) is 0 Å². The fourth-order valence-corrected chi connectivity index (χ4v) is 6.09. The summed E-state index contributed by atoms with van der Waals surface area (Å²) in [5, 5.41) is 24.2. The Balaban J connectivity index is 0.000000153. The highest BCUT2D eigenvalue weighted by atomic mass is 79.9. The Hall–Kier alpha value is -8.37. The molecule has 0 bridgehead atoms. The summed E-state index contributed by atoms with van der Waals surface area (Å²) in [6.07, 6.45) is 4.75. The van der Waals surface area contributed by atoms with E-state index >= 15 is 0 Å². The maximum Gasteiger partial charge on any atom is 0.337 e. The highest BCUT2D eigenvalue weighted by Gasteiger charge is 2.11. The van der Waals surface area contributed by atoms with Gasteiger partial charge in [-0.3, -0.25) is 5.10 Å². The molecule has 0 saturated carbocycles. The van der Waals surface area contributed by atoms with E-state index in [2.05, 4.69) is 79.8 Å². The molecule has 66 heavy (non-hydrogen) atoms. The number of aromatic carboxylic acids is 1. The van der Waals surface area contributed by atoms with E-state index in [-0.39, 0.29) is 17.5 Å².